The van der Waals surface area contributed by atoms with Gasteiger partial charge in [-0.05, 0) is 25.7 Å². The largest absolute Gasteiger partial charge is 0.481 e. The Bertz CT molecular complexity index is 268. The minimum atomic E-state index is -0.759. The molecule has 1 rings (SSSR count). The van der Waals surface area contributed by atoms with Crippen LogP contribution in [0.15, 0.2) is 0 Å². The van der Waals surface area contributed by atoms with E-state index in [2.05, 4.69) is 0 Å². The van der Waals surface area contributed by atoms with Gasteiger partial charge < -0.3 is 15.9 Å². The molecule has 1 aliphatic carbocycles. The summed E-state index contributed by atoms with van der Waals surface area (Å²) in [6, 6.07) is 0. The number of carbonyl (C=O) groups is 3. The van der Waals surface area contributed by atoms with Crippen molar-refractivity contribution in [1.82, 2.24) is 0 Å². The van der Waals surface area contributed by atoms with E-state index in [1.54, 1.807) is 0 Å². The van der Waals surface area contributed by atoms with Gasteiger partial charge in [0, 0.05) is 12.8 Å². The van der Waals surface area contributed by atoms with Gasteiger partial charge in [0.15, 0.2) is 0 Å². The Morgan fingerprint density at radius 3 is 1.72 bits per heavy atom. The molecule has 0 aromatic rings. The van der Waals surface area contributed by atoms with Crippen molar-refractivity contribution < 1.29 is 24.6 Å². The predicted octanol–water partition coefficient (Wildman–Crippen LogP) is 1.38. The Balaban J connectivity index is 0.000000397. The molecule has 0 aliphatic heterocycles. The first-order chi connectivity index (χ1) is 8.43. The van der Waals surface area contributed by atoms with Gasteiger partial charge in [0.25, 0.3) is 0 Å². The van der Waals surface area contributed by atoms with E-state index in [9.17, 15) is 14.4 Å². The molecule has 104 valence electrons. The third-order valence-electron chi connectivity index (χ3n) is 2.49. The first kappa shape index (κ1) is 16.4. The average Bonchev–Trinajstić information content (AvgIpc) is 3.06. The van der Waals surface area contributed by atoms with Crippen LogP contribution in [0.2, 0.25) is 0 Å². The van der Waals surface area contributed by atoms with Gasteiger partial charge in [0.2, 0.25) is 5.91 Å². The number of carboxylic acid groups (broad SMARTS) is 2. The number of hydrogen-bond acceptors (Lipinski definition) is 3. The molecule has 0 aromatic carbocycles. The van der Waals surface area contributed by atoms with Crippen molar-refractivity contribution in [1.29, 1.82) is 0 Å². The van der Waals surface area contributed by atoms with Gasteiger partial charge in [0.05, 0.1) is 5.92 Å². The van der Waals surface area contributed by atoms with Crippen molar-refractivity contribution in [2.45, 2.75) is 51.4 Å². The number of carboxylic acids is 2. The van der Waals surface area contributed by atoms with Crippen LogP contribution >= 0.6 is 0 Å². The van der Waals surface area contributed by atoms with E-state index in [-0.39, 0.29) is 18.2 Å². The molecule has 0 saturated heterocycles. The summed E-state index contributed by atoms with van der Waals surface area (Å²) in [7, 11) is 0. The minimum absolute atomic E-state index is 0.0185. The molecule has 0 bridgehead atoms. The van der Waals surface area contributed by atoms with E-state index in [0.29, 0.717) is 12.8 Å². The van der Waals surface area contributed by atoms with Crippen molar-refractivity contribution in [2.24, 2.45) is 11.7 Å². The highest BCUT2D eigenvalue weighted by molar-refractivity contribution is 5.73. The fraction of sp³-hybridized carbons (Fsp3) is 0.750. The Morgan fingerprint density at radius 1 is 0.944 bits per heavy atom. The monoisotopic (exact) mass is 259 g/mol. The summed E-state index contributed by atoms with van der Waals surface area (Å²) in [5, 5.41) is 16.3. The van der Waals surface area contributed by atoms with Crippen molar-refractivity contribution in [2.75, 3.05) is 0 Å². The first-order valence-corrected chi connectivity index (χ1v) is 6.16. The molecular weight excluding hydrogens is 238 g/mol. The van der Waals surface area contributed by atoms with Crippen LogP contribution in [-0.4, -0.2) is 28.1 Å². The van der Waals surface area contributed by atoms with E-state index >= 15 is 0 Å². The van der Waals surface area contributed by atoms with Crippen LogP contribution < -0.4 is 5.73 Å². The third-order valence-corrected chi connectivity index (χ3v) is 2.49. The SMILES string of the molecule is NC(=O)CCCCCCC(=O)O.O=C(O)C1CC1. The van der Waals surface area contributed by atoms with Crippen molar-refractivity contribution in [3.05, 3.63) is 0 Å². The quantitative estimate of drug-likeness (QED) is 0.569. The summed E-state index contributed by atoms with van der Waals surface area (Å²) in [5.41, 5.74) is 4.92. The lowest BCUT2D eigenvalue weighted by atomic mass is 10.1. The zero-order chi connectivity index (χ0) is 14.0. The van der Waals surface area contributed by atoms with E-state index in [1.165, 1.54) is 0 Å². The maximum absolute atomic E-state index is 10.3. The molecule has 0 aromatic heterocycles. The molecule has 6 nitrogen and oxygen atoms in total. The lowest BCUT2D eigenvalue weighted by Gasteiger charge is -1.96. The Kier molecular flexibility index (Phi) is 8.61. The number of amides is 1. The molecule has 1 amide bonds. The summed E-state index contributed by atoms with van der Waals surface area (Å²) in [6.07, 6.45) is 5.63. The Hall–Kier alpha value is -1.59. The maximum Gasteiger partial charge on any atom is 0.306 e. The summed E-state index contributed by atoms with van der Waals surface area (Å²) in [5.74, 6) is -1.65. The zero-order valence-corrected chi connectivity index (χ0v) is 10.4. The van der Waals surface area contributed by atoms with Crippen molar-refractivity contribution in [3.8, 4) is 0 Å². The van der Waals surface area contributed by atoms with Gasteiger partial charge in [-0.25, -0.2) is 0 Å². The van der Waals surface area contributed by atoms with Gasteiger partial charge in [-0.1, -0.05) is 12.8 Å². The minimum Gasteiger partial charge on any atom is -0.481 e. The lowest BCUT2D eigenvalue weighted by molar-refractivity contribution is -0.139. The van der Waals surface area contributed by atoms with Crippen LogP contribution in [0.3, 0.4) is 0 Å². The summed E-state index contributed by atoms with van der Waals surface area (Å²) in [6.45, 7) is 0. The molecule has 4 N–H and O–H groups in total. The van der Waals surface area contributed by atoms with Gasteiger partial charge in [-0.2, -0.15) is 0 Å². The van der Waals surface area contributed by atoms with Gasteiger partial charge in [-0.15, -0.1) is 0 Å². The highest BCUT2D eigenvalue weighted by Gasteiger charge is 2.28. The third kappa shape index (κ3) is 12.5. The second kappa shape index (κ2) is 9.44. The smallest absolute Gasteiger partial charge is 0.306 e. The zero-order valence-electron chi connectivity index (χ0n) is 10.4. The summed E-state index contributed by atoms with van der Waals surface area (Å²) in [4.78, 5) is 30.1. The summed E-state index contributed by atoms with van der Waals surface area (Å²) < 4.78 is 0. The van der Waals surface area contributed by atoms with Crippen LogP contribution in [0.4, 0.5) is 0 Å². The molecule has 0 unspecified atom stereocenters. The van der Waals surface area contributed by atoms with E-state index in [0.717, 1.165) is 32.1 Å². The fourth-order valence-electron chi connectivity index (χ4n) is 1.26. The van der Waals surface area contributed by atoms with Gasteiger partial charge in [0.1, 0.15) is 0 Å². The molecular formula is C12H21NO5. The normalized spacial score (nSPS) is 13.3. The second-order valence-electron chi connectivity index (χ2n) is 4.39. The van der Waals surface area contributed by atoms with E-state index in [4.69, 9.17) is 15.9 Å². The van der Waals surface area contributed by atoms with Gasteiger partial charge >= 0.3 is 11.9 Å². The fourth-order valence-corrected chi connectivity index (χ4v) is 1.26. The van der Waals surface area contributed by atoms with E-state index < -0.39 is 11.9 Å². The number of aliphatic carboxylic acids is 2. The number of primary amides is 1. The average molecular weight is 259 g/mol. The first-order valence-electron chi connectivity index (χ1n) is 6.16. The standard InChI is InChI=1S/C8H15NO3.C4H6O2/c9-7(10)5-3-1-2-4-6-8(11)12;5-4(6)3-1-2-3/h1-6H2,(H2,9,10)(H,11,12);3H,1-2H2,(H,5,6). The second-order valence-corrected chi connectivity index (χ2v) is 4.39. The van der Waals surface area contributed by atoms with Crippen LogP contribution in [0.5, 0.6) is 0 Å². The molecule has 18 heavy (non-hydrogen) atoms. The summed E-state index contributed by atoms with van der Waals surface area (Å²) >= 11 is 0. The Morgan fingerprint density at radius 2 is 1.44 bits per heavy atom. The Labute approximate surface area is 106 Å². The molecule has 1 aliphatic rings. The number of nitrogens with two attached hydrogens (primary N) is 1. The lowest BCUT2D eigenvalue weighted by Crippen LogP contribution is -2.09. The topological polar surface area (TPSA) is 118 Å². The number of carbonyl (C=O) groups excluding carboxylic acids is 1. The molecule has 0 radical (unpaired) electrons. The predicted molar refractivity (Wildman–Crippen MR) is 64.9 cm³/mol. The van der Waals surface area contributed by atoms with Crippen molar-refractivity contribution in [3.63, 3.8) is 0 Å². The molecule has 1 fully saturated rings. The van der Waals surface area contributed by atoms with Crippen LogP contribution in [0.25, 0.3) is 0 Å². The molecule has 1 saturated carbocycles. The van der Waals surface area contributed by atoms with Crippen LogP contribution in [0, 0.1) is 5.92 Å². The highest BCUT2D eigenvalue weighted by Crippen LogP contribution is 2.28. The molecule has 6 heteroatoms. The maximum atomic E-state index is 10.3. The van der Waals surface area contributed by atoms with E-state index in [1.807, 2.05) is 0 Å². The number of hydrogen-bond donors (Lipinski definition) is 3. The highest BCUT2D eigenvalue weighted by atomic mass is 16.4. The van der Waals surface area contributed by atoms with Crippen molar-refractivity contribution >= 4 is 17.8 Å². The van der Waals surface area contributed by atoms with Crippen LogP contribution in [0.1, 0.15) is 51.4 Å². The molecule has 0 spiro atoms. The van der Waals surface area contributed by atoms with Gasteiger partial charge in [-0.3, -0.25) is 14.4 Å². The molecule has 0 atom stereocenters. The number of unbranched alkanes of at least 4 members (excludes halogenated alkanes) is 3. The number of rotatable bonds is 8. The van der Waals surface area contributed by atoms with Crippen LogP contribution in [-0.2, 0) is 14.4 Å². The molecule has 0 heterocycles.